The van der Waals surface area contributed by atoms with E-state index in [1.54, 1.807) is 30.5 Å². The third-order valence-corrected chi connectivity index (χ3v) is 4.87. The summed E-state index contributed by atoms with van der Waals surface area (Å²) in [6.07, 6.45) is -0.848. The summed E-state index contributed by atoms with van der Waals surface area (Å²) in [5.41, 5.74) is 7.47. The van der Waals surface area contributed by atoms with Gasteiger partial charge in [0.1, 0.15) is 11.6 Å². The number of halogens is 3. The summed E-state index contributed by atoms with van der Waals surface area (Å²) in [5, 5.41) is 17.4. The number of carbonyl (C=O) groups is 1. The van der Waals surface area contributed by atoms with Crippen LogP contribution in [0.15, 0.2) is 66.9 Å². The molecule has 0 spiro atoms. The fourth-order valence-electron chi connectivity index (χ4n) is 3.10. The van der Waals surface area contributed by atoms with Gasteiger partial charge in [-0.05, 0) is 42.0 Å². The zero-order chi connectivity index (χ0) is 24.9. The number of carbonyl (C=O) groups excluding carboxylic acids is 1. The van der Waals surface area contributed by atoms with Gasteiger partial charge in [-0.15, -0.1) is 0 Å². The van der Waals surface area contributed by atoms with Gasteiger partial charge in [0.2, 0.25) is 5.88 Å². The van der Waals surface area contributed by atoms with E-state index in [9.17, 15) is 23.1 Å². The summed E-state index contributed by atoms with van der Waals surface area (Å²) in [6.45, 7) is -0.411. The smallest absolute Gasteiger partial charge is 0.471 e. The first-order valence-electron chi connectivity index (χ1n) is 9.93. The number of rotatable bonds is 7. The van der Waals surface area contributed by atoms with Gasteiger partial charge in [0.15, 0.2) is 0 Å². The lowest BCUT2D eigenvalue weighted by Crippen LogP contribution is -2.41. The molecule has 1 aromatic heterocycles. The number of benzene rings is 2. The number of alkyl halides is 3. The van der Waals surface area contributed by atoms with Gasteiger partial charge >= 0.3 is 12.1 Å². The molecule has 3 aromatic rings. The van der Waals surface area contributed by atoms with Crippen LogP contribution in [-0.2, 0) is 4.79 Å². The number of ether oxygens (including phenoxy) is 1. The highest BCUT2D eigenvalue weighted by Gasteiger charge is 2.42. The first-order chi connectivity index (χ1) is 16.1. The summed E-state index contributed by atoms with van der Waals surface area (Å²) in [5.74, 6) is -1.98. The van der Waals surface area contributed by atoms with Crippen LogP contribution in [0.3, 0.4) is 0 Å². The highest BCUT2D eigenvalue weighted by Crippen LogP contribution is 2.28. The van der Waals surface area contributed by atoms with Crippen LogP contribution in [0.2, 0.25) is 0 Å². The highest BCUT2D eigenvalue weighted by atomic mass is 19.4. The fraction of sp³-hybridized carbons (Fsp3) is 0.125. The molecule has 1 amide bonds. The van der Waals surface area contributed by atoms with Gasteiger partial charge in [-0.2, -0.15) is 13.2 Å². The number of nitrogens with zero attached hydrogens (tertiary/aromatic N) is 2. The maximum absolute atomic E-state index is 13.2. The molecule has 2 aromatic carbocycles. The molecular weight excluding hydrogens is 449 g/mol. The zero-order valence-corrected chi connectivity index (χ0v) is 18.0. The average Bonchev–Trinajstić information content (AvgIpc) is 2.82. The minimum atomic E-state index is -5.08. The minimum Gasteiger partial charge on any atom is -0.507 e. The Morgan fingerprint density at radius 1 is 1.15 bits per heavy atom. The van der Waals surface area contributed by atoms with Crippen molar-refractivity contribution in [1.29, 1.82) is 5.41 Å². The number of nitrogen functional groups attached to an aromatic ring is 1. The normalized spacial score (nSPS) is 11.4. The predicted octanol–water partition coefficient (Wildman–Crippen LogP) is 4.36. The molecule has 0 saturated heterocycles. The predicted molar refractivity (Wildman–Crippen MR) is 123 cm³/mol. The van der Waals surface area contributed by atoms with Crippen LogP contribution >= 0.6 is 0 Å². The number of phenolic OH excluding ortho intramolecular Hbond substituents is 1. The van der Waals surface area contributed by atoms with Gasteiger partial charge in [-0.3, -0.25) is 10.2 Å². The lowest BCUT2D eigenvalue weighted by atomic mass is 10.1. The number of methoxy groups -OCH3 is 1. The molecule has 0 aliphatic heterocycles. The van der Waals surface area contributed by atoms with Gasteiger partial charge in [0, 0.05) is 41.2 Å². The standard InChI is InChI=1S/C24H21F3N4O3/c1-34-21-11-7-18(14-30-21)15-4-8-19(9-5-15)31(23(33)24(25,26)27)12-2-3-16-13-17(22(28)29)6-10-20(16)32/h2-11,13-14,32H,12H2,1H3,(H3,28,29)/b3-2+. The van der Waals surface area contributed by atoms with E-state index >= 15 is 0 Å². The Balaban J connectivity index is 1.86. The fourth-order valence-corrected chi connectivity index (χ4v) is 3.10. The van der Waals surface area contributed by atoms with E-state index in [1.165, 1.54) is 49.6 Å². The van der Waals surface area contributed by atoms with E-state index in [0.29, 0.717) is 21.9 Å². The van der Waals surface area contributed by atoms with Gasteiger partial charge < -0.3 is 20.5 Å². The SMILES string of the molecule is COc1ccc(-c2ccc(N(C/C=C/c3cc(C(=N)N)ccc3O)C(=O)C(F)(F)F)cc2)cn1. The first kappa shape index (κ1) is 24.3. The van der Waals surface area contributed by atoms with E-state index in [2.05, 4.69) is 4.98 Å². The quantitative estimate of drug-likeness (QED) is 0.351. The van der Waals surface area contributed by atoms with Crippen molar-refractivity contribution < 1.29 is 27.8 Å². The maximum Gasteiger partial charge on any atom is 0.471 e. The van der Waals surface area contributed by atoms with Crippen molar-refractivity contribution in [3.63, 3.8) is 0 Å². The molecule has 3 rings (SSSR count). The van der Waals surface area contributed by atoms with Gasteiger partial charge in [0.05, 0.1) is 7.11 Å². The summed E-state index contributed by atoms with van der Waals surface area (Å²) in [6, 6.07) is 13.6. The highest BCUT2D eigenvalue weighted by molar-refractivity contribution is 5.98. The molecule has 0 fully saturated rings. The van der Waals surface area contributed by atoms with Gasteiger partial charge in [0.25, 0.3) is 0 Å². The number of amidine groups is 1. The molecule has 4 N–H and O–H groups in total. The molecule has 0 radical (unpaired) electrons. The van der Waals surface area contributed by atoms with Crippen molar-refractivity contribution in [3.8, 4) is 22.8 Å². The number of phenols is 1. The van der Waals surface area contributed by atoms with Crippen molar-refractivity contribution >= 4 is 23.5 Å². The van der Waals surface area contributed by atoms with Crippen LogP contribution in [0.5, 0.6) is 11.6 Å². The van der Waals surface area contributed by atoms with E-state index in [1.807, 2.05) is 0 Å². The number of hydrogen-bond acceptors (Lipinski definition) is 5. The molecule has 176 valence electrons. The summed E-state index contributed by atoms with van der Waals surface area (Å²) >= 11 is 0. The molecule has 0 saturated carbocycles. The average molecular weight is 470 g/mol. The van der Waals surface area contributed by atoms with Crippen LogP contribution < -0.4 is 15.4 Å². The molecule has 1 heterocycles. The van der Waals surface area contributed by atoms with Gasteiger partial charge in [-0.25, -0.2) is 4.98 Å². The lowest BCUT2D eigenvalue weighted by Gasteiger charge is -2.23. The number of aromatic nitrogens is 1. The molecule has 0 atom stereocenters. The number of nitrogens with two attached hydrogens (primary N) is 1. The van der Waals surface area contributed by atoms with Crippen molar-refractivity contribution in [2.45, 2.75) is 6.18 Å². The van der Waals surface area contributed by atoms with Crippen molar-refractivity contribution in [3.05, 3.63) is 78.0 Å². The topological polar surface area (TPSA) is 113 Å². The van der Waals surface area contributed by atoms with Crippen LogP contribution in [0.4, 0.5) is 18.9 Å². The number of aromatic hydroxyl groups is 1. The molecule has 0 aliphatic rings. The van der Waals surface area contributed by atoms with Crippen LogP contribution in [0.1, 0.15) is 11.1 Å². The molecule has 0 bridgehead atoms. The maximum atomic E-state index is 13.2. The summed E-state index contributed by atoms with van der Waals surface area (Å²) in [7, 11) is 1.49. The molecule has 0 aliphatic carbocycles. The second kappa shape index (κ2) is 10.1. The Labute approximate surface area is 193 Å². The van der Waals surface area contributed by atoms with Crippen molar-refractivity contribution in [1.82, 2.24) is 4.98 Å². The van der Waals surface area contributed by atoms with Crippen LogP contribution in [-0.4, -0.2) is 41.7 Å². The van der Waals surface area contributed by atoms with Crippen molar-refractivity contribution in [2.75, 3.05) is 18.6 Å². The van der Waals surface area contributed by atoms with Crippen LogP contribution in [0, 0.1) is 5.41 Å². The molecule has 34 heavy (non-hydrogen) atoms. The molecule has 10 heteroatoms. The lowest BCUT2D eigenvalue weighted by molar-refractivity contribution is -0.170. The largest absolute Gasteiger partial charge is 0.507 e. The Morgan fingerprint density at radius 2 is 1.82 bits per heavy atom. The zero-order valence-electron chi connectivity index (χ0n) is 18.0. The Morgan fingerprint density at radius 3 is 2.38 bits per heavy atom. The monoisotopic (exact) mass is 470 g/mol. The Kier molecular flexibility index (Phi) is 7.20. The number of pyridine rings is 1. The summed E-state index contributed by atoms with van der Waals surface area (Å²) < 4.78 is 44.7. The number of nitrogens with one attached hydrogen (secondary N) is 1. The Hall–Kier alpha value is -4.34. The third-order valence-electron chi connectivity index (χ3n) is 4.87. The third kappa shape index (κ3) is 5.71. The minimum absolute atomic E-state index is 0.0407. The second-order valence-corrected chi connectivity index (χ2v) is 7.14. The van der Waals surface area contributed by atoms with Crippen LogP contribution in [0.25, 0.3) is 17.2 Å². The van der Waals surface area contributed by atoms with E-state index < -0.39 is 18.6 Å². The summed E-state index contributed by atoms with van der Waals surface area (Å²) in [4.78, 5) is 16.8. The Bertz CT molecular complexity index is 1210. The molecular formula is C24H21F3N4O3. The second-order valence-electron chi connectivity index (χ2n) is 7.14. The van der Waals surface area contributed by atoms with Gasteiger partial charge in [-0.1, -0.05) is 24.3 Å². The van der Waals surface area contributed by atoms with E-state index in [-0.39, 0.29) is 22.8 Å². The first-order valence-corrected chi connectivity index (χ1v) is 9.93. The van der Waals surface area contributed by atoms with Crippen molar-refractivity contribution in [2.24, 2.45) is 5.73 Å². The number of anilines is 1. The molecule has 0 unspecified atom stereocenters. The molecule has 7 nitrogen and oxygen atoms in total. The number of amides is 1. The number of hydrogen-bond donors (Lipinski definition) is 3. The van der Waals surface area contributed by atoms with E-state index in [4.69, 9.17) is 15.9 Å². The van der Waals surface area contributed by atoms with E-state index in [0.717, 1.165) is 5.56 Å².